The first-order valence-corrected chi connectivity index (χ1v) is 5.39. The summed E-state index contributed by atoms with van der Waals surface area (Å²) in [7, 11) is 0. The average Bonchev–Trinajstić information content (AvgIpc) is 2.11. The number of hydrogen-bond acceptors (Lipinski definition) is 4. The number of rotatable bonds is 0. The van der Waals surface area contributed by atoms with Crippen molar-refractivity contribution in [2.75, 3.05) is 19.8 Å². The second-order valence-corrected chi connectivity index (χ2v) is 3.90. The van der Waals surface area contributed by atoms with Gasteiger partial charge in [-0.05, 0) is 12.8 Å². The summed E-state index contributed by atoms with van der Waals surface area (Å²) in [6.07, 6.45) is 4.79. The molecule has 0 saturated carbocycles. The largest absolute Gasteiger partial charge is 0.257 e. The molecule has 78 valence electrons. The summed E-state index contributed by atoms with van der Waals surface area (Å²) < 4.78 is 0. The predicted molar refractivity (Wildman–Crippen MR) is 55.3 cm³/mol. The van der Waals surface area contributed by atoms with Crippen LogP contribution in [0.4, 0.5) is 0 Å². The van der Waals surface area contributed by atoms with E-state index in [1.54, 1.807) is 0 Å². The van der Waals surface area contributed by atoms with Crippen molar-refractivity contribution in [3.05, 3.63) is 0 Å². The maximum Gasteiger partial charge on any atom is 0.0720 e. The summed E-state index contributed by atoms with van der Waals surface area (Å²) in [6.45, 7) is 2.56. The van der Waals surface area contributed by atoms with Crippen LogP contribution < -0.4 is 21.7 Å². The Balaban J connectivity index is 2.11. The summed E-state index contributed by atoms with van der Waals surface area (Å²) in [6, 6.07) is 0. The molecule has 1 atom stereocenters. The van der Waals surface area contributed by atoms with Crippen LogP contribution in [0.3, 0.4) is 0 Å². The van der Waals surface area contributed by atoms with E-state index >= 15 is 0 Å². The monoisotopic (exact) mass is 206 g/mol. The quantitative estimate of drug-likeness (QED) is 0.431. The lowest BCUT2D eigenvalue weighted by Crippen LogP contribution is -2.46. The number of hydrogen-bond donors (Lipinski definition) is 4. The second kappa shape index (κ2) is 7.53. The minimum Gasteiger partial charge on any atom is -0.257 e. The standard InChI is InChI=1S/C8H19ClN4/c9-8-4-2-1-3-5-10-12-7-13-11-6-8/h8,10-13H,1-7H2. The Hall–Kier alpha value is 0.130. The zero-order valence-electron chi connectivity index (χ0n) is 7.91. The van der Waals surface area contributed by atoms with E-state index in [0.29, 0.717) is 6.67 Å². The third kappa shape index (κ3) is 6.23. The zero-order valence-corrected chi connectivity index (χ0v) is 8.66. The van der Waals surface area contributed by atoms with Crippen molar-refractivity contribution in [3.8, 4) is 0 Å². The topological polar surface area (TPSA) is 48.1 Å². The van der Waals surface area contributed by atoms with Gasteiger partial charge in [-0.25, -0.2) is 10.9 Å². The maximum atomic E-state index is 6.07. The average molecular weight is 207 g/mol. The van der Waals surface area contributed by atoms with Gasteiger partial charge in [-0.3, -0.25) is 10.9 Å². The van der Waals surface area contributed by atoms with Gasteiger partial charge < -0.3 is 0 Å². The third-order valence-corrected chi connectivity index (χ3v) is 2.44. The highest BCUT2D eigenvalue weighted by molar-refractivity contribution is 6.20. The highest BCUT2D eigenvalue weighted by atomic mass is 35.5. The van der Waals surface area contributed by atoms with Crippen LogP contribution >= 0.6 is 11.6 Å². The van der Waals surface area contributed by atoms with E-state index in [9.17, 15) is 0 Å². The summed E-state index contributed by atoms with van der Waals surface area (Å²) in [5.74, 6) is 0. The fourth-order valence-corrected chi connectivity index (χ4v) is 1.53. The smallest absolute Gasteiger partial charge is 0.0720 e. The van der Waals surface area contributed by atoms with Crippen molar-refractivity contribution < 1.29 is 0 Å². The van der Waals surface area contributed by atoms with Crippen molar-refractivity contribution in [3.63, 3.8) is 0 Å². The molecule has 4 N–H and O–H groups in total. The van der Waals surface area contributed by atoms with Gasteiger partial charge in [-0.2, -0.15) is 0 Å². The van der Waals surface area contributed by atoms with Crippen LogP contribution in [0.1, 0.15) is 25.7 Å². The van der Waals surface area contributed by atoms with E-state index in [4.69, 9.17) is 11.6 Å². The molecule has 0 spiro atoms. The van der Waals surface area contributed by atoms with Crippen LogP contribution in [0, 0.1) is 0 Å². The van der Waals surface area contributed by atoms with Gasteiger partial charge in [0.25, 0.3) is 0 Å². The van der Waals surface area contributed by atoms with Crippen LogP contribution in [0.15, 0.2) is 0 Å². The molecule has 1 aliphatic rings. The summed E-state index contributed by atoms with van der Waals surface area (Å²) in [5, 5.41) is 0.250. The van der Waals surface area contributed by atoms with Gasteiger partial charge in [0.15, 0.2) is 0 Å². The normalized spacial score (nSPS) is 28.8. The van der Waals surface area contributed by atoms with Gasteiger partial charge in [0.2, 0.25) is 0 Å². The van der Waals surface area contributed by atoms with E-state index in [2.05, 4.69) is 21.7 Å². The van der Waals surface area contributed by atoms with Crippen molar-refractivity contribution >= 4 is 11.6 Å². The SMILES string of the molecule is ClC1CCCCCNNCNNC1. The molecule has 4 nitrogen and oxygen atoms in total. The summed E-state index contributed by atoms with van der Waals surface area (Å²) in [5.41, 5.74) is 12.3. The number of nitrogens with one attached hydrogen (secondary N) is 4. The Labute approximate surface area is 84.7 Å². The van der Waals surface area contributed by atoms with Gasteiger partial charge in [-0.15, -0.1) is 11.6 Å². The molecule has 1 saturated heterocycles. The third-order valence-electron chi connectivity index (χ3n) is 2.07. The maximum absolute atomic E-state index is 6.07. The molecule has 1 heterocycles. The Morgan fingerprint density at radius 3 is 2.69 bits per heavy atom. The second-order valence-electron chi connectivity index (χ2n) is 3.28. The van der Waals surface area contributed by atoms with Crippen LogP contribution in [0.2, 0.25) is 0 Å². The fourth-order valence-electron chi connectivity index (χ4n) is 1.30. The Morgan fingerprint density at radius 1 is 0.923 bits per heavy atom. The summed E-state index contributed by atoms with van der Waals surface area (Å²) in [4.78, 5) is 0. The first-order valence-electron chi connectivity index (χ1n) is 4.95. The van der Waals surface area contributed by atoms with E-state index in [1.807, 2.05) is 0 Å². The van der Waals surface area contributed by atoms with Gasteiger partial charge in [-0.1, -0.05) is 12.8 Å². The lowest BCUT2D eigenvalue weighted by atomic mass is 10.1. The number of hydrazine groups is 2. The predicted octanol–water partition coefficient (Wildman–Crippen LogP) is 0.314. The molecule has 0 aromatic heterocycles. The molecule has 1 fully saturated rings. The molecule has 0 bridgehead atoms. The van der Waals surface area contributed by atoms with E-state index in [0.717, 1.165) is 19.5 Å². The molecule has 1 aliphatic heterocycles. The summed E-state index contributed by atoms with van der Waals surface area (Å²) >= 11 is 6.07. The molecule has 0 aromatic rings. The van der Waals surface area contributed by atoms with Crippen molar-refractivity contribution in [2.24, 2.45) is 0 Å². The van der Waals surface area contributed by atoms with Crippen molar-refractivity contribution in [1.82, 2.24) is 21.7 Å². The molecular weight excluding hydrogens is 188 g/mol. The first kappa shape index (κ1) is 11.2. The minimum atomic E-state index is 0.250. The van der Waals surface area contributed by atoms with E-state index < -0.39 is 0 Å². The highest BCUT2D eigenvalue weighted by Crippen LogP contribution is 2.07. The van der Waals surface area contributed by atoms with Gasteiger partial charge >= 0.3 is 0 Å². The van der Waals surface area contributed by atoms with Crippen molar-refractivity contribution in [2.45, 2.75) is 31.1 Å². The number of alkyl halides is 1. The Morgan fingerprint density at radius 2 is 1.77 bits per heavy atom. The van der Waals surface area contributed by atoms with Crippen LogP contribution in [0.25, 0.3) is 0 Å². The molecule has 0 radical (unpaired) electrons. The lowest BCUT2D eigenvalue weighted by molar-refractivity contribution is 0.414. The van der Waals surface area contributed by atoms with E-state index in [-0.39, 0.29) is 5.38 Å². The van der Waals surface area contributed by atoms with Gasteiger partial charge in [0, 0.05) is 18.5 Å². The molecule has 5 heteroatoms. The van der Waals surface area contributed by atoms with Gasteiger partial charge in [0.1, 0.15) is 0 Å². The molecule has 1 unspecified atom stereocenters. The number of halogens is 1. The molecule has 13 heavy (non-hydrogen) atoms. The minimum absolute atomic E-state index is 0.250. The van der Waals surface area contributed by atoms with E-state index in [1.165, 1.54) is 19.3 Å². The zero-order chi connectivity index (χ0) is 9.36. The van der Waals surface area contributed by atoms with Crippen LogP contribution in [-0.4, -0.2) is 25.1 Å². The molecular formula is C8H19ClN4. The fraction of sp³-hybridized carbons (Fsp3) is 1.00. The Kier molecular flexibility index (Phi) is 6.49. The van der Waals surface area contributed by atoms with Crippen molar-refractivity contribution in [1.29, 1.82) is 0 Å². The Bertz CT molecular complexity index is 111. The van der Waals surface area contributed by atoms with Gasteiger partial charge in [0.05, 0.1) is 6.67 Å². The molecule has 0 amide bonds. The molecule has 0 aromatic carbocycles. The molecule has 1 rings (SSSR count). The lowest BCUT2D eigenvalue weighted by Gasteiger charge is -2.14. The van der Waals surface area contributed by atoms with Crippen LogP contribution in [-0.2, 0) is 0 Å². The molecule has 0 aliphatic carbocycles. The first-order chi connectivity index (χ1) is 6.39. The van der Waals surface area contributed by atoms with Crippen LogP contribution in [0.5, 0.6) is 0 Å². The highest BCUT2D eigenvalue weighted by Gasteiger charge is 2.03.